The molecule has 0 aliphatic carbocycles. The van der Waals surface area contributed by atoms with Gasteiger partial charge in [-0.2, -0.15) is 4.79 Å². The van der Waals surface area contributed by atoms with E-state index in [1.807, 2.05) is 19.9 Å². The van der Waals surface area contributed by atoms with E-state index in [1.165, 1.54) is 31.5 Å². The number of aromatic nitrogens is 3. The number of carbonyl (C=O) groups is 2. The minimum atomic E-state index is -0.638. The number of benzene rings is 1. The van der Waals surface area contributed by atoms with E-state index in [1.54, 1.807) is 18.0 Å². The fourth-order valence-electron chi connectivity index (χ4n) is 2.63. The lowest BCUT2D eigenvalue weighted by Gasteiger charge is -2.31. The second-order valence-corrected chi connectivity index (χ2v) is 5.32. The van der Waals surface area contributed by atoms with Crippen LogP contribution in [0.4, 0.5) is 5.69 Å². The first-order valence-electron chi connectivity index (χ1n) is 7.21. The molecule has 1 aromatic carbocycles. The molecule has 1 aromatic heterocycles. The Balaban J connectivity index is 2.67. The Morgan fingerprint density at radius 1 is 1.30 bits per heavy atom. The van der Waals surface area contributed by atoms with Crippen molar-refractivity contribution >= 4 is 17.4 Å². The summed E-state index contributed by atoms with van der Waals surface area (Å²) in [5, 5.41) is 5.80. The molecule has 0 aliphatic heterocycles. The molecular formula is C16H20N4O3. The molecule has 23 heavy (non-hydrogen) atoms. The summed E-state index contributed by atoms with van der Waals surface area (Å²) in [6.07, 6.45) is 2.88. The number of aryl methyl sites for hydroxylation is 1. The van der Waals surface area contributed by atoms with Crippen molar-refractivity contribution in [2.24, 2.45) is 0 Å². The molecule has 2 aromatic rings. The highest BCUT2D eigenvalue weighted by atomic mass is 16.5. The van der Waals surface area contributed by atoms with Crippen LogP contribution >= 0.6 is 0 Å². The third-order valence-electron chi connectivity index (χ3n) is 3.78. The van der Waals surface area contributed by atoms with Crippen molar-refractivity contribution in [2.75, 3.05) is 12.1 Å². The monoisotopic (exact) mass is 316 g/mol. The predicted molar refractivity (Wildman–Crippen MR) is 85.3 cm³/mol. The van der Waals surface area contributed by atoms with Crippen molar-refractivity contribution < 1.29 is 14.3 Å². The van der Waals surface area contributed by atoms with Gasteiger partial charge in [-0.25, -0.2) is 14.8 Å². The summed E-state index contributed by atoms with van der Waals surface area (Å²) in [6, 6.07) is 3.01. The molecule has 7 nitrogen and oxygen atoms in total. The summed E-state index contributed by atoms with van der Waals surface area (Å²) in [4.78, 5) is 29.3. The fourth-order valence-corrected chi connectivity index (χ4v) is 2.63. The van der Waals surface area contributed by atoms with E-state index in [0.717, 1.165) is 16.8 Å². The number of ether oxygens (including phenoxy) is 1. The molecule has 0 aliphatic rings. The quantitative estimate of drug-likeness (QED) is 0.619. The van der Waals surface area contributed by atoms with Gasteiger partial charge in [-0.3, -0.25) is 4.79 Å². The molecule has 7 heteroatoms. The highest BCUT2D eigenvalue weighted by molar-refractivity contribution is 5.97. The van der Waals surface area contributed by atoms with E-state index in [4.69, 9.17) is 4.74 Å². The Kier molecular flexibility index (Phi) is 4.78. The Morgan fingerprint density at radius 3 is 2.52 bits per heavy atom. The lowest BCUT2D eigenvalue weighted by molar-refractivity contribution is -0.142. The second-order valence-electron chi connectivity index (χ2n) is 5.32. The second kappa shape index (κ2) is 6.60. The van der Waals surface area contributed by atoms with Gasteiger partial charge in [0.1, 0.15) is 18.7 Å². The van der Waals surface area contributed by atoms with E-state index in [0.29, 0.717) is 5.56 Å². The number of carbonyl (C=O) groups excluding carboxylic acids is 2. The zero-order chi connectivity index (χ0) is 17.1. The molecule has 1 atom stereocenters. The molecule has 0 bridgehead atoms. The smallest absolute Gasteiger partial charge is 0.330 e. The molecule has 0 amide bonds. The van der Waals surface area contributed by atoms with Gasteiger partial charge in [0, 0.05) is 5.56 Å². The van der Waals surface area contributed by atoms with Crippen LogP contribution < -0.4 is 5.01 Å². The first-order valence-corrected chi connectivity index (χ1v) is 7.21. The van der Waals surface area contributed by atoms with Crippen molar-refractivity contribution in [3.63, 3.8) is 0 Å². The Morgan fingerprint density at radius 2 is 2.00 bits per heavy atom. The van der Waals surface area contributed by atoms with Crippen LogP contribution in [0, 0.1) is 13.8 Å². The molecule has 0 N–H and O–H groups in total. The number of esters is 1. The molecule has 122 valence electrons. The summed E-state index contributed by atoms with van der Waals surface area (Å²) < 4.78 is 4.86. The van der Waals surface area contributed by atoms with Crippen molar-refractivity contribution in [3.8, 4) is 0 Å². The number of nitrogens with zero attached hydrogens (tertiary/aromatic N) is 4. The van der Waals surface area contributed by atoms with Crippen LogP contribution in [0.2, 0.25) is 0 Å². The molecular weight excluding hydrogens is 296 g/mol. The summed E-state index contributed by atoms with van der Waals surface area (Å²) in [7, 11) is 1.34. The summed E-state index contributed by atoms with van der Waals surface area (Å²) in [6.45, 7) is 7.00. The van der Waals surface area contributed by atoms with Crippen LogP contribution in [0.3, 0.4) is 0 Å². The first kappa shape index (κ1) is 16.7. The van der Waals surface area contributed by atoms with Gasteiger partial charge in [0.25, 0.3) is 0 Å². The van der Waals surface area contributed by atoms with Gasteiger partial charge in [-0.05, 0) is 38.8 Å². The number of Topliss-reactive ketones (excluding diaryl/α,β-unsaturated/α-hetero) is 1. The van der Waals surface area contributed by atoms with Gasteiger partial charge in [-0.1, -0.05) is 12.1 Å². The topological polar surface area (TPSA) is 77.3 Å². The van der Waals surface area contributed by atoms with E-state index >= 15 is 0 Å². The van der Waals surface area contributed by atoms with Crippen molar-refractivity contribution in [2.45, 2.75) is 33.7 Å². The number of methoxy groups -OCH3 is 1. The van der Waals surface area contributed by atoms with Crippen molar-refractivity contribution in [3.05, 3.63) is 41.5 Å². The Bertz CT molecular complexity index is 725. The Labute approximate surface area is 134 Å². The standard InChI is InChI=1S/C16H20N4O3/c1-10-6-7-14(13(4)21)11(2)15(10)20(12(3)16(22)23-5)19-9-17-8-18-19/h6-9,12H,1-5H3. The van der Waals surface area contributed by atoms with Gasteiger partial charge in [0.15, 0.2) is 5.78 Å². The highest BCUT2D eigenvalue weighted by Gasteiger charge is 2.28. The zero-order valence-corrected chi connectivity index (χ0v) is 13.9. The molecule has 0 spiro atoms. The number of hydrogen-bond acceptors (Lipinski definition) is 6. The third-order valence-corrected chi connectivity index (χ3v) is 3.78. The number of hydrogen-bond donors (Lipinski definition) is 0. The average molecular weight is 316 g/mol. The summed E-state index contributed by atoms with van der Waals surface area (Å²) in [5.41, 5.74) is 3.04. The number of ketones is 1. The maximum absolute atomic E-state index is 12.1. The van der Waals surface area contributed by atoms with Crippen LogP contribution in [0.25, 0.3) is 0 Å². The minimum Gasteiger partial charge on any atom is -0.467 e. The van der Waals surface area contributed by atoms with Gasteiger partial charge < -0.3 is 4.74 Å². The lowest BCUT2D eigenvalue weighted by Crippen LogP contribution is -2.44. The van der Waals surface area contributed by atoms with Gasteiger partial charge >= 0.3 is 5.97 Å². The van der Waals surface area contributed by atoms with E-state index < -0.39 is 12.0 Å². The van der Waals surface area contributed by atoms with Crippen LogP contribution in [-0.4, -0.2) is 39.8 Å². The van der Waals surface area contributed by atoms with Crippen LogP contribution in [0.15, 0.2) is 24.8 Å². The molecule has 0 fully saturated rings. The molecule has 0 saturated heterocycles. The molecule has 0 saturated carbocycles. The highest BCUT2D eigenvalue weighted by Crippen LogP contribution is 2.30. The summed E-state index contributed by atoms with van der Waals surface area (Å²) >= 11 is 0. The van der Waals surface area contributed by atoms with Crippen LogP contribution in [0.1, 0.15) is 35.3 Å². The molecule has 1 heterocycles. The minimum absolute atomic E-state index is 0.0342. The summed E-state index contributed by atoms with van der Waals surface area (Å²) in [5.74, 6) is -0.444. The zero-order valence-electron chi connectivity index (χ0n) is 13.9. The van der Waals surface area contributed by atoms with Gasteiger partial charge in [0.2, 0.25) is 0 Å². The van der Waals surface area contributed by atoms with Crippen molar-refractivity contribution in [1.29, 1.82) is 0 Å². The molecule has 2 rings (SSSR count). The first-order chi connectivity index (χ1) is 10.9. The van der Waals surface area contributed by atoms with Crippen molar-refractivity contribution in [1.82, 2.24) is 14.9 Å². The van der Waals surface area contributed by atoms with Gasteiger partial charge in [-0.15, -0.1) is 5.10 Å². The largest absolute Gasteiger partial charge is 0.467 e. The SMILES string of the molecule is COC(=O)C(C)N(c1c(C)ccc(C(C)=O)c1C)n1cncn1. The third kappa shape index (κ3) is 3.08. The van der Waals surface area contributed by atoms with Crippen LogP contribution in [-0.2, 0) is 9.53 Å². The van der Waals surface area contributed by atoms with E-state index in [-0.39, 0.29) is 5.78 Å². The lowest BCUT2D eigenvalue weighted by atomic mass is 9.99. The number of anilines is 1. The molecule has 1 unspecified atom stereocenters. The van der Waals surface area contributed by atoms with Crippen LogP contribution in [0.5, 0.6) is 0 Å². The van der Waals surface area contributed by atoms with Gasteiger partial charge in [0.05, 0.1) is 12.8 Å². The predicted octanol–water partition coefficient (Wildman–Crippen LogP) is 1.93. The van der Waals surface area contributed by atoms with E-state index in [2.05, 4.69) is 10.1 Å². The fraction of sp³-hybridized carbons (Fsp3) is 0.375. The maximum atomic E-state index is 12.1. The maximum Gasteiger partial charge on any atom is 0.330 e. The Hall–Kier alpha value is -2.70. The number of rotatable bonds is 5. The van der Waals surface area contributed by atoms with E-state index in [9.17, 15) is 9.59 Å². The molecule has 0 radical (unpaired) electrons. The average Bonchev–Trinajstić information content (AvgIpc) is 3.03. The normalized spacial score (nSPS) is 11.9.